The van der Waals surface area contributed by atoms with Gasteiger partial charge in [0, 0.05) is 29.3 Å². The highest BCUT2D eigenvalue weighted by Gasteiger charge is 2.13. The quantitative estimate of drug-likeness (QED) is 0.692. The van der Waals surface area contributed by atoms with Gasteiger partial charge in [0.2, 0.25) is 0 Å². The molecule has 5 heteroatoms. The Bertz CT molecular complexity index is 840. The standard InChI is InChI=1S/C16H13NO4/c1-19-14-7-11-10(12-5-3-4-6-17-12)8-16(18)21-13(11)9-15(14)20-2/h3-9H,1-2H3. The van der Waals surface area contributed by atoms with Gasteiger partial charge in [0.05, 0.1) is 19.9 Å². The minimum atomic E-state index is -0.435. The van der Waals surface area contributed by atoms with Crippen LogP contribution in [0.1, 0.15) is 0 Å². The van der Waals surface area contributed by atoms with Crippen LogP contribution in [0.15, 0.2) is 51.8 Å². The lowest BCUT2D eigenvalue weighted by molar-refractivity contribution is 0.355. The molecule has 0 spiro atoms. The van der Waals surface area contributed by atoms with E-state index in [9.17, 15) is 4.79 Å². The Labute approximate surface area is 120 Å². The fraction of sp³-hybridized carbons (Fsp3) is 0.125. The lowest BCUT2D eigenvalue weighted by Crippen LogP contribution is -2.00. The summed E-state index contributed by atoms with van der Waals surface area (Å²) in [5.41, 5.74) is 1.39. The molecule has 0 radical (unpaired) electrons. The van der Waals surface area contributed by atoms with E-state index in [1.165, 1.54) is 13.2 Å². The molecule has 3 aromatic rings. The summed E-state index contributed by atoms with van der Waals surface area (Å²) in [7, 11) is 3.09. The van der Waals surface area contributed by atoms with Crippen LogP contribution in [-0.2, 0) is 0 Å². The van der Waals surface area contributed by atoms with Gasteiger partial charge in [-0.05, 0) is 18.2 Å². The first-order chi connectivity index (χ1) is 10.2. The van der Waals surface area contributed by atoms with Gasteiger partial charge in [-0.1, -0.05) is 6.07 Å². The van der Waals surface area contributed by atoms with E-state index in [4.69, 9.17) is 13.9 Å². The van der Waals surface area contributed by atoms with Crippen LogP contribution in [0.4, 0.5) is 0 Å². The zero-order valence-electron chi connectivity index (χ0n) is 11.6. The summed E-state index contributed by atoms with van der Waals surface area (Å²) in [6, 6.07) is 10.4. The van der Waals surface area contributed by atoms with Crippen LogP contribution in [-0.4, -0.2) is 19.2 Å². The SMILES string of the molecule is COc1cc2oc(=O)cc(-c3ccccn3)c2cc1OC. The molecule has 0 unspecified atom stereocenters. The molecule has 0 amide bonds. The minimum absolute atomic E-state index is 0.431. The number of hydrogen-bond acceptors (Lipinski definition) is 5. The highest BCUT2D eigenvalue weighted by molar-refractivity contribution is 5.94. The molecule has 0 fully saturated rings. The van der Waals surface area contributed by atoms with E-state index < -0.39 is 5.63 Å². The van der Waals surface area contributed by atoms with Crippen molar-refractivity contribution in [3.8, 4) is 22.8 Å². The molecule has 106 valence electrons. The van der Waals surface area contributed by atoms with Crippen molar-refractivity contribution in [1.29, 1.82) is 0 Å². The predicted molar refractivity (Wildman–Crippen MR) is 78.8 cm³/mol. The molecule has 0 aliphatic carbocycles. The normalized spacial score (nSPS) is 10.6. The van der Waals surface area contributed by atoms with Crippen molar-refractivity contribution in [2.75, 3.05) is 14.2 Å². The molecule has 2 aromatic heterocycles. The van der Waals surface area contributed by atoms with Crippen LogP contribution in [0, 0.1) is 0 Å². The molecule has 5 nitrogen and oxygen atoms in total. The zero-order valence-corrected chi connectivity index (χ0v) is 11.6. The third-order valence-electron chi connectivity index (χ3n) is 3.19. The first-order valence-corrected chi connectivity index (χ1v) is 6.34. The van der Waals surface area contributed by atoms with E-state index >= 15 is 0 Å². The van der Waals surface area contributed by atoms with Gasteiger partial charge in [-0.2, -0.15) is 0 Å². The van der Waals surface area contributed by atoms with Crippen LogP contribution >= 0.6 is 0 Å². The summed E-state index contributed by atoms with van der Waals surface area (Å²) in [4.78, 5) is 16.1. The van der Waals surface area contributed by atoms with E-state index in [2.05, 4.69) is 4.98 Å². The van der Waals surface area contributed by atoms with Gasteiger partial charge in [-0.15, -0.1) is 0 Å². The van der Waals surface area contributed by atoms with Crippen LogP contribution < -0.4 is 15.1 Å². The number of fused-ring (bicyclic) bond motifs is 1. The summed E-state index contributed by atoms with van der Waals surface area (Å²) in [5, 5.41) is 0.742. The second-order valence-electron chi connectivity index (χ2n) is 4.40. The van der Waals surface area contributed by atoms with Gasteiger partial charge >= 0.3 is 5.63 Å². The molecular weight excluding hydrogens is 270 g/mol. The maximum Gasteiger partial charge on any atom is 0.336 e. The second-order valence-corrected chi connectivity index (χ2v) is 4.40. The molecule has 0 saturated heterocycles. The van der Waals surface area contributed by atoms with Gasteiger partial charge in [-0.3, -0.25) is 4.98 Å². The van der Waals surface area contributed by atoms with Crippen molar-refractivity contribution in [2.45, 2.75) is 0 Å². The van der Waals surface area contributed by atoms with E-state index in [0.717, 1.165) is 5.39 Å². The molecular formula is C16H13NO4. The Morgan fingerprint density at radius 1 is 1.05 bits per heavy atom. The first kappa shape index (κ1) is 13.2. The number of methoxy groups -OCH3 is 2. The Morgan fingerprint density at radius 2 is 1.81 bits per heavy atom. The predicted octanol–water partition coefficient (Wildman–Crippen LogP) is 2.87. The van der Waals surface area contributed by atoms with E-state index in [1.54, 1.807) is 25.4 Å². The summed E-state index contributed by atoms with van der Waals surface area (Å²) >= 11 is 0. The summed E-state index contributed by atoms with van der Waals surface area (Å²) in [5.74, 6) is 1.07. The Hall–Kier alpha value is -2.82. The number of nitrogens with zero attached hydrogens (tertiary/aromatic N) is 1. The van der Waals surface area contributed by atoms with Crippen molar-refractivity contribution in [3.63, 3.8) is 0 Å². The van der Waals surface area contributed by atoms with Crippen molar-refractivity contribution in [2.24, 2.45) is 0 Å². The fourth-order valence-corrected chi connectivity index (χ4v) is 2.22. The zero-order chi connectivity index (χ0) is 14.8. The summed E-state index contributed by atoms with van der Waals surface area (Å²) < 4.78 is 15.8. The van der Waals surface area contributed by atoms with Crippen molar-refractivity contribution in [1.82, 2.24) is 4.98 Å². The molecule has 1 aromatic carbocycles. The van der Waals surface area contributed by atoms with Crippen molar-refractivity contribution >= 4 is 11.0 Å². The van der Waals surface area contributed by atoms with Crippen LogP contribution in [0.2, 0.25) is 0 Å². The molecule has 21 heavy (non-hydrogen) atoms. The van der Waals surface area contributed by atoms with E-state index in [-0.39, 0.29) is 0 Å². The smallest absolute Gasteiger partial charge is 0.336 e. The third-order valence-corrected chi connectivity index (χ3v) is 3.19. The molecule has 0 aliphatic heterocycles. The molecule has 0 saturated carbocycles. The van der Waals surface area contributed by atoms with Gasteiger partial charge in [0.1, 0.15) is 5.58 Å². The van der Waals surface area contributed by atoms with Gasteiger partial charge in [-0.25, -0.2) is 4.79 Å². The molecule has 0 bridgehead atoms. The Kier molecular flexibility index (Phi) is 3.31. The average Bonchev–Trinajstić information content (AvgIpc) is 2.53. The van der Waals surface area contributed by atoms with E-state index in [1.807, 2.05) is 18.2 Å². The number of benzene rings is 1. The molecule has 0 aliphatic rings. The number of ether oxygens (including phenoxy) is 2. The van der Waals surface area contributed by atoms with E-state index in [0.29, 0.717) is 28.3 Å². The number of aromatic nitrogens is 1. The number of pyridine rings is 1. The number of rotatable bonds is 3. The fourth-order valence-electron chi connectivity index (χ4n) is 2.22. The lowest BCUT2D eigenvalue weighted by Gasteiger charge is -2.10. The van der Waals surface area contributed by atoms with Gasteiger partial charge in [0.25, 0.3) is 0 Å². The maximum atomic E-state index is 11.8. The monoisotopic (exact) mass is 283 g/mol. The van der Waals surface area contributed by atoms with Crippen molar-refractivity contribution in [3.05, 3.63) is 53.0 Å². The highest BCUT2D eigenvalue weighted by Crippen LogP contribution is 2.35. The third kappa shape index (κ3) is 2.33. The Balaban J connectivity index is 2.37. The maximum absolute atomic E-state index is 11.8. The second kappa shape index (κ2) is 5.28. The molecule has 2 heterocycles. The van der Waals surface area contributed by atoms with Gasteiger partial charge < -0.3 is 13.9 Å². The summed E-state index contributed by atoms with van der Waals surface area (Å²) in [6.07, 6.45) is 1.68. The first-order valence-electron chi connectivity index (χ1n) is 6.34. The summed E-state index contributed by atoms with van der Waals surface area (Å²) in [6.45, 7) is 0. The largest absolute Gasteiger partial charge is 0.493 e. The highest BCUT2D eigenvalue weighted by atomic mass is 16.5. The van der Waals surface area contributed by atoms with Crippen LogP contribution in [0.3, 0.4) is 0 Å². The van der Waals surface area contributed by atoms with Crippen LogP contribution in [0.25, 0.3) is 22.2 Å². The minimum Gasteiger partial charge on any atom is -0.493 e. The molecule has 0 N–H and O–H groups in total. The average molecular weight is 283 g/mol. The Morgan fingerprint density at radius 3 is 2.48 bits per heavy atom. The topological polar surface area (TPSA) is 61.6 Å². The molecule has 0 atom stereocenters. The van der Waals surface area contributed by atoms with Crippen LogP contribution in [0.5, 0.6) is 11.5 Å². The molecule has 3 rings (SSSR count). The lowest BCUT2D eigenvalue weighted by atomic mass is 10.1. The van der Waals surface area contributed by atoms with Crippen molar-refractivity contribution < 1.29 is 13.9 Å². The number of hydrogen-bond donors (Lipinski definition) is 0. The van der Waals surface area contributed by atoms with Gasteiger partial charge in [0.15, 0.2) is 11.5 Å².